The number of unbranched alkanes of at least 4 members (excludes halogenated alkanes) is 2. The molecule has 0 aliphatic carbocycles. The topological polar surface area (TPSA) is 55.1 Å². The van der Waals surface area contributed by atoms with Crippen LogP contribution in [0.2, 0.25) is 5.15 Å². The van der Waals surface area contributed by atoms with Crippen LogP contribution < -0.4 is 5.56 Å². The Hall–Kier alpha value is -0.870. The largest absolute Gasteiger partial charge is 0.396 e. The van der Waals surface area contributed by atoms with Gasteiger partial charge in [0.1, 0.15) is 11.0 Å². The van der Waals surface area contributed by atoms with Gasteiger partial charge in [-0.05, 0) is 19.3 Å². The normalized spacial score (nSPS) is 10.7. The van der Waals surface area contributed by atoms with Gasteiger partial charge in [-0.25, -0.2) is 4.98 Å². The minimum Gasteiger partial charge on any atom is -0.396 e. The predicted molar refractivity (Wildman–Crippen MR) is 63.8 cm³/mol. The number of aliphatic hydroxyl groups excluding tert-OH is 1. The number of halogens is 1. The molecule has 0 saturated heterocycles. The Labute approximate surface area is 99.9 Å². The van der Waals surface area contributed by atoms with Crippen LogP contribution in [0, 0.1) is 0 Å². The van der Waals surface area contributed by atoms with Crippen molar-refractivity contribution in [2.24, 2.45) is 0 Å². The van der Waals surface area contributed by atoms with Crippen molar-refractivity contribution in [2.75, 3.05) is 6.61 Å². The molecule has 1 rings (SSSR count). The number of hydrogen-bond donors (Lipinski definition) is 1. The third-order valence-electron chi connectivity index (χ3n) is 2.41. The van der Waals surface area contributed by atoms with Gasteiger partial charge in [0.05, 0.1) is 0 Å². The van der Waals surface area contributed by atoms with E-state index >= 15 is 0 Å². The van der Waals surface area contributed by atoms with Crippen LogP contribution >= 0.6 is 11.6 Å². The molecule has 0 atom stereocenters. The zero-order valence-corrected chi connectivity index (χ0v) is 10.2. The Bertz CT molecular complexity index is 390. The van der Waals surface area contributed by atoms with Crippen molar-refractivity contribution in [2.45, 2.75) is 39.2 Å². The summed E-state index contributed by atoms with van der Waals surface area (Å²) in [5.41, 5.74) is -0.0964. The van der Waals surface area contributed by atoms with Crippen LogP contribution in [0.1, 0.15) is 32.0 Å². The molecule has 0 amide bonds. The van der Waals surface area contributed by atoms with E-state index in [1.165, 1.54) is 6.07 Å². The van der Waals surface area contributed by atoms with Gasteiger partial charge < -0.3 is 5.11 Å². The van der Waals surface area contributed by atoms with E-state index in [9.17, 15) is 4.79 Å². The summed E-state index contributed by atoms with van der Waals surface area (Å²) in [6, 6.07) is 1.34. The average Bonchev–Trinajstić information content (AvgIpc) is 2.26. The lowest BCUT2D eigenvalue weighted by molar-refractivity contribution is 0.281. The van der Waals surface area contributed by atoms with Crippen molar-refractivity contribution in [3.8, 4) is 0 Å². The quantitative estimate of drug-likeness (QED) is 0.611. The molecule has 0 aromatic carbocycles. The number of nitrogens with zero attached hydrogens (tertiary/aromatic N) is 2. The van der Waals surface area contributed by atoms with E-state index in [-0.39, 0.29) is 17.3 Å². The van der Waals surface area contributed by atoms with E-state index in [0.29, 0.717) is 13.0 Å². The van der Waals surface area contributed by atoms with Crippen molar-refractivity contribution >= 4 is 11.6 Å². The Morgan fingerprint density at radius 1 is 1.44 bits per heavy atom. The molecule has 4 nitrogen and oxygen atoms in total. The van der Waals surface area contributed by atoms with Gasteiger partial charge in [0.25, 0.3) is 5.56 Å². The molecule has 0 unspecified atom stereocenters. The van der Waals surface area contributed by atoms with E-state index in [2.05, 4.69) is 4.98 Å². The van der Waals surface area contributed by atoms with Crippen molar-refractivity contribution in [3.05, 3.63) is 27.4 Å². The molecule has 0 aliphatic heterocycles. The first-order chi connectivity index (χ1) is 7.69. The van der Waals surface area contributed by atoms with Crippen molar-refractivity contribution in [3.63, 3.8) is 0 Å². The minimum atomic E-state index is -0.0964. The highest BCUT2D eigenvalue weighted by molar-refractivity contribution is 6.29. The first-order valence-electron chi connectivity index (χ1n) is 5.56. The van der Waals surface area contributed by atoms with Crippen LogP contribution in [-0.2, 0) is 13.0 Å². The summed E-state index contributed by atoms with van der Waals surface area (Å²) in [5.74, 6) is 0.724. The molecule has 0 fully saturated rings. The first kappa shape index (κ1) is 13.2. The van der Waals surface area contributed by atoms with Gasteiger partial charge in [-0.3, -0.25) is 9.36 Å². The number of aromatic nitrogens is 2. The van der Waals surface area contributed by atoms with E-state index < -0.39 is 0 Å². The van der Waals surface area contributed by atoms with Gasteiger partial charge in [0.2, 0.25) is 0 Å². The fourth-order valence-electron chi connectivity index (χ4n) is 1.59. The molecular formula is C11H17ClN2O2. The monoisotopic (exact) mass is 244 g/mol. The van der Waals surface area contributed by atoms with E-state index in [0.717, 1.165) is 25.1 Å². The van der Waals surface area contributed by atoms with Gasteiger partial charge in [-0.1, -0.05) is 18.5 Å². The molecule has 1 N–H and O–H groups in total. The molecule has 1 heterocycles. The number of rotatable bonds is 6. The van der Waals surface area contributed by atoms with E-state index in [1.807, 2.05) is 6.92 Å². The molecule has 5 heteroatoms. The highest BCUT2D eigenvalue weighted by Gasteiger charge is 2.05. The zero-order chi connectivity index (χ0) is 12.0. The molecular weight excluding hydrogens is 228 g/mol. The second-order valence-electron chi connectivity index (χ2n) is 3.62. The summed E-state index contributed by atoms with van der Waals surface area (Å²) in [6.07, 6.45) is 3.25. The van der Waals surface area contributed by atoms with Crippen LogP contribution in [0.15, 0.2) is 10.9 Å². The van der Waals surface area contributed by atoms with Crippen LogP contribution in [-0.4, -0.2) is 21.3 Å². The van der Waals surface area contributed by atoms with Crippen LogP contribution in [0.25, 0.3) is 0 Å². The summed E-state index contributed by atoms with van der Waals surface area (Å²) < 4.78 is 1.66. The maximum Gasteiger partial charge on any atom is 0.254 e. The lowest BCUT2D eigenvalue weighted by Crippen LogP contribution is -2.24. The maximum atomic E-state index is 11.7. The standard InChI is InChI=1S/C11H17ClN2O2/c1-2-10-13-9(12)8-11(16)14(10)6-4-3-5-7-15/h8,15H,2-7H2,1H3. The summed E-state index contributed by atoms with van der Waals surface area (Å²) >= 11 is 5.73. The van der Waals surface area contributed by atoms with Crippen molar-refractivity contribution in [1.82, 2.24) is 9.55 Å². The summed E-state index contributed by atoms with van der Waals surface area (Å²) in [7, 11) is 0. The molecule has 1 aromatic rings. The second kappa shape index (κ2) is 6.66. The molecule has 0 bridgehead atoms. The molecule has 1 aromatic heterocycles. The van der Waals surface area contributed by atoms with Crippen LogP contribution in [0.3, 0.4) is 0 Å². The maximum absolute atomic E-state index is 11.7. The van der Waals surface area contributed by atoms with Gasteiger partial charge in [-0.15, -0.1) is 0 Å². The van der Waals surface area contributed by atoms with E-state index in [1.54, 1.807) is 4.57 Å². The Morgan fingerprint density at radius 3 is 2.81 bits per heavy atom. The SMILES string of the molecule is CCc1nc(Cl)cc(=O)n1CCCCCO. The van der Waals surface area contributed by atoms with E-state index in [4.69, 9.17) is 16.7 Å². The number of aliphatic hydroxyl groups is 1. The predicted octanol–water partition coefficient (Wildman–Crippen LogP) is 1.62. The van der Waals surface area contributed by atoms with Gasteiger partial charge >= 0.3 is 0 Å². The highest BCUT2D eigenvalue weighted by atomic mass is 35.5. The van der Waals surface area contributed by atoms with Gasteiger partial charge in [0, 0.05) is 25.6 Å². The molecule has 0 spiro atoms. The minimum absolute atomic E-state index is 0.0964. The molecule has 90 valence electrons. The first-order valence-corrected chi connectivity index (χ1v) is 5.94. The van der Waals surface area contributed by atoms with Crippen LogP contribution in [0.5, 0.6) is 0 Å². The number of aryl methyl sites for hydroxylation is 1. The third-order valence-corrected chi connectivity index (χ3v) is 2.61. The highest BCUT2D eigenvalue weighted by Crippen LogP contribution is 2.05. The Morgan fingerprint density at radius 2 is 2.19 bits per heavy atom. The Kier molecular flexibility index (Phi) is 5.49. The lowest BCUT2D eigenvalue weighted by atomic mass is 10.2. The molecule has 0 aliphatic rings. The average molecular weight is 245 g/mol. The fourth-order valence-corrected chi connectivity index (χ4v) is 1.78. The fraction of sp³-hybridized carbons (Fsp3) is 0.636. The molecule has 16 heavy (non-hydrogen) atoms. The van der Waals surface area contributed by atoms with Crippen molar-refractivity contribution < 1.29 is 5.11 Å². The van der Waals surface area contributed by atoms with Crippen LogP contribution in [0.4, 0.5) is 0 Å². The molecule has 0 radical (unpaired) electrons. The van der Waals surface area contributed by atoms with Gasteiger partial charge in [-0.2, -0.15) is 0 Å². The van der Waals surface area contributed by atoms with Gasteiger partial charge in [0.15, 0.2) is 0 Å². The lowest BCUT2D eigenvalue weighted by Gasteiger charge is -2.10. The summed E-state index contributed by atoms with van der Waals surface area (Å²) in [6.45, 7) is 2.79. The van der Waals surface area contributed by atoms with Crippen molar-refractivity contribution in [1.29, 1.82) is 0 Å². The summed E-state index contributed by atoms with van der Waals surface area (Å²) in [5, 5.41) is 8.91. The zero-order valence-electron chi connectivity index (χ0n) is 9.45. The number of hydrogen-bond acceptors (Lipinski definition) is 3. The summed E-state index contributed by atoms with van der Waals surface area (Å²) in [4.78, 5) is 15.8. The third kappa shape index (κ3) is 3.61. The molecule has 0 saturated carbocycles. The second-order valence-corrected chi connectivity index (χ2v) is 4.01. The Balaban J connectivity index is 2.74. The smallest absolute Gasteiger partial charge is 0.254 e.